The third-order valence-corrected chi connectivity index (χ3v) is 5.68. The average Bonchev–Trinajstić information content (AvgIpc) is 2.82. The fourth-order valence-corrected chi connectivity index (χ4v) is 4.62. The Labute approximate surface area is 136 Å². The Hall–Kier alpha value is -0.550. The normalized spacial score (nSPS) is 22.0. The van der Waals surface area contributed by atoms with E-state index >= 15 is 0 Å². The van der Waals surface area contributed by atoms with Gasteiger partial charge in [-0.05, 0) is 45.7 Å². The number of aryl methyl sites for hydroxylation is 2. The molecule has 2 saturated heterocycles. The van der Waals surface area contributed by atoms with Crippen LogP contribution in [0.5, 0.6) is 0 Å². The van der Waals surface area contributed by atoms with Gasteiger partial charge in [-0.3, -0.25) is 4.68 Å². The number of alkyl halides is 1. The number of hydrogen-bond donors (Lipinski definition) is 0. The highest BCUT2D eigenvalue weighted by atomic mass is 79.9. The molecule has 0 unspecified atom stereocenters. The Morgan fingerprint density at radius 1 is 1.10 bits per heavy atom. The molecule has 0 saturated carbocycles. The molecular weight excluding hydrogens is 328 g/mol. The average molecular weight is 355 g/mol. The number of aromatic nitrogens is 2. The van der Waals surface area contributed by atoms with Crippen LogP contribution in [-0.4, -0.2) is 46.9 Å². The van der Waals surface area contributed by atoms with Crippen LogP contribution >= 0.6 is 15.9 Å². The predicted octanol–water partition coefficient (Wildman–Crippen LogP) is 3.08. The van der Waals surface area contributed by atoms with Crippen molar-refractivity contribution >= 4 is 21.7 Å². The Balaban J connectivity index is 1.65. The van der Waals surface area contributed by atoms with Gasteiger partial charge in [-0.1, -0.05) is 22.4 Å². The fourth-order valence-electron chi connectivity index (χ4n) is 3.97. The number of hydrogen-bond acceptors (Lipinski definition) is 3. The molecule has 21 heavy (non-hydrogen) atoms. The van der Waals surface area contributed by atoms with Crippen LogP contribution in [-0.2, 0) is 12.4 Å². The summed E-state index contributed by atoms with van der Waals surface area (Å²) in [4.78, 5) is 5.28. The monoisotopic (exact) mass is 354 g/mol. The van der Waals surface area contributed by atoms with Crippen molar-refractivity contribution in [3.8, 4) is 0 Å². The van der Waals surface area contributed by atoms with Gasteiger partial charge in [-0.2, -0.15) is 5.10 Å². The highest BCUT2D eigenvalue weighted by Crippen LogP contribution is 2.29. The lowest BCUT2D eigenvalue weighted by atomic mass is 9.99. The summed E-state index contributed by atoms with van der Waals surface area (Å²) in [5, 5.41) is 5.50. The van der Waals surface area contributed by atoms with Gasteiger partial charge in [-0.25, -0.2) is 0 Å². The number of anilines is 1. The molecular formula is C16H27BrN4. The second-order valence-corrected chi connectivity index (χ2v) is 7.02. The molecule has 1 aromatic heterocycles. The third-order valence-electron chi connectivity index (χ3n) is 5.12. The minimum Gasteiger partial charge on any atom is -0.356 e. The first-order valence-electron chi connectivity index (χ1n) is 8.28. The zero-order valence-electron chi connectivity index (χ0n) is 13.3. The Morgan fingerprint density at radius 3 is 2.38 bits per heavy atom. The zero-order valence-corrected chi connectivity index (χ0v) is 14.9. The van der Waals surface area contributed by atoms with Crippen LogP contribution in [0.2, 0.25) is 0 Å². The van der Waals surface area contributed by atoms with E-state index in [1.165, 1.54) is 69.7 Å². The van der Waals surface area contributed by atoms with E-state index in [4.69, 9.17) is 0 Å². The van der Waals surface area contributed by atoms with Crippen LogP contribution in [0.4, 0.5) is 5.82 Å². The molecule has 0 aromatic carbocycles. The van der Waals surface area contributed by atoms with Crippen LogP contribution in [0.15, 0.2) is 0 Å². The molecule has 0 atom stereocenters. The zero-order chi connectivity index (χ0) is 14.8. The lowest BCUT2D eigenvalue weighted by Crippen LogP contribution is -2.47. The molecule has 0 N–H and O–H groups in total. The quantitative estimate of drug-likeness (QED) is 0.779. The highest BCUT2D eigenvalue weighted by molar-refractivity contribution is 9.08. The van der Waals surface area contributed by atoms with Crippen LogP contribution in [0, 0.1) is 6.92 Å². The van der Waals surface area contributed by atoms with Gasteiger partial charge in [0.05, 0.1) is 5.69 Å². The first kappa shape index (κ1) is 15.3. The summed E-state index contributed by atoms with van der Waals surface area (Å²) in [6, 6.07) is 0.809. The van der Waals surface area contributed by atoms with E-state index in [1.54, 1.807) is 0 Å². The maximum Gasteiger partial charge on any atom is 0.130 e. The first-order valence-corrected chi connectivity index (χ1v) is 9.40. The SMILES string of the molecule is Cc1nn(C)c(N2CCC(N3CCCCC3)CC2)c1CBr. The molecule has 0 amide bonds. The fraction of sp³-hybridized carbons (Fsp3) is 0.812. The molecule has 0 bridgehead atoms. The van der Waals surface area contributed by atoms with Crippen molar-refractivity contribution in [3.63, 3.8) is 0 Å². The second-order valence-electron chi connectivity index (χ2n) is 6.46. The summed E-state index contributed by atoms with van der Waals surface area (Å²) in [5.41, 5.74) is 2.51. The number of nitrogens with zero attached hydrogens (tertiary/aromatic N) is 4. The van der Waals surface area contributed by atoms with Gasteiger partial charge >= 0.3 is 0 Å². The van der Waals surface area contributed by atoms with Crippen LogP contribution in [0.3, 0.4) is 0 Å². The molecule has 4 nitrogen and oxygen atoms in total. The Kier molecular flexibility index (Phi) is 4.89. The van der Waals surface area contributed by atoms with Gasteiger partial charge in [0, 0.05) is 37.1 Å². The minimum atomic E-state index is 0.809. The molecule has 0 aliphatic carbocycles. The third kappa shape index (κ3) is 3.14. The number of piperidine rings is 2. The second kappa shape index (κ2) is 6.69. The van der Waals surface area contributed by atoms with Crippen LogP contribution in [0.25, 0.3) is 0 Å². The van der Waals surface area contributed by atoms with E-state index in [2.05, 4.69) is 49.5 Å². The lowest BCUT2D eigenvalue weighted by molar-refractivity contribution is 0.141. The molecule has 1 aromatic rings. The predicted molar refractivity (Wildman–Crippen MR) is 91.2 cm³/mol. The largest absolute Gasteiger partial charge is 0.356 e. The molecule has 3 heterocycles. The molecule has 0 spiro atoms. The summed E-state index contributed by atoms with van der Waals surface area (Å²) in [6.07, 6.45) is 6.82. The van der Waals surface area contributed by atoms with Crippen molar-refractivity contribution in [3.05, 3.63) is 11.3 Å². The van der Waals surface area contributed by atoms with Gasteiger partial charge in [0.15, 0.2) is 0 Å². The van der Waals surface area contributed by atoms with Crippen molar-refractivity contribution < 1.29 is 0 Å². The number of likely N-dealkylation sites (tertiary alicyclic amines) is 1. The van der Waals surface area contributed by atoms with Gasteiger partial charge in [-0.15, -0.1) is 0 Å². The summed E-state index contributed by atoms with van der Waals surface area (Å²) in [7, 11) is 2.07. The standard InChI is InChI=1S/C16H27BrN4/c1-13-15(12-17)16(19(2)18-13)21-10-6-14(7-11-21)20-8-4-3-5-9-20/h14H,3-12H2,1-2H3. The van der Waals surface area contributed by atoms with Gasteiger partial charge in [0.2, 0.25) is 0 Å². The van der Waals surface area contributed by atoms with E-state index < -0.39 is 0 Å². The van der Waals surface area contributed by atoms with Gasteiger partial charge in [0.25, 0.3) is 0 Å². The number of halogens is 1. The molecule has 3 rings (SSSR count). The molecule has 118 valence electrons. The van der Waals surface area contributed by atoms with Crippen molar-refractivity contribution in [1.82, 2.24) is 14.7 Å². The summed E-state index contributed by atoms with van der Waals surface area (Å²) in [5.74, 6) is 1.32. The maximum absolute atomic E-state index is 4.60. The minimum absolute atomic E-state index is 0.809. The molecule has 2 fully saturated rings. The number of rotatable bonds is 3. The summed E-state index contributed by atoms with van der Waals surface area (Å²) >= 11 is 3.63. The van der Waals surface area contributed by atoms with Crippen molar-refractivity contribution in [2.24, 2.45) is 7.05 Å². The van der Waals surface area contributed by atoms with E-state index in [0.29, 0.717) is 0 Å². The molecule has 5 heteroatoms. The van der Waals surface area contributed by atoms with Crippen molar-refractivity contribution in [2.75, 3.05) is 31.1 Å². The van der Waals surface area contributed by atoms with Crippen molar-refractivity contribution in [2.45, 2.75) is 50.4 Å². The summed E-state index contributed by atoms with van der Waals surface area (Å²) in [6.45, 7) is 7.09. The van der Waals surface area contributed by atoms with Gasteiger partial charge < -0.3 is 9.80 Å². The Morgan fingerprint density at radius 2 is 1.76 bits per heavy atom. The van der Waals surface area contributed by atoms with Crippen LogP contribution in [0.1, 0.15) is 43.4 Å². The Bertz CT molecular complexity index is 471. The summed E-state index contributed by atoms with van der Waals surface area (Å²) < 4.78 is 2.06. The highest BCUT2D eigenvalue weighted by Gasteiger charge is 2.28. The molecule has 2 aliphatic heterocycles. The first-order chi connectivity index (χ1) is 10.2. The van der Waals surface area contributed by atoms with E-state index in [-0.39, 0.29) is 0 Å². The van der Waals surface area contributed by atoms with Crippen molar-refractivity contribution in [1.29, 1.82) is 0 Å². The van der Waals surface area contributed by atoms with Gasteiger partial charge in [0.1, 0.15) is 5.82 Å². The van der Waals surface area contributed by atoms with Crippen LogP contribution < -0.4 is 4.90 Å². The van der Waals surface area contributed by atoms with E-state index in [9.17, 15) is 0 Å². The molecule has 0 radical (unpaired) electrons. The van der Waals surface area contributed by atoms with E-state index in [0.717, 1.165) is 17.1 Å². The van der Waals surface area contributed by atoms with E-state index in [1.807, 2.05) is 0 Å². The maximum atomic E-state index is 4.60. The topological polar surface area (TPSA) is 24.3 Å². The molecule has 2 aliphatic rings. The smallest absolute Gasteiger partial charge is 0.130 e. The lowest BCUT2D eigenvalue weighted by Gasteiger charge is -2.41.